The third-order valence-electron chi connectivity index (χ3n) is 2.32. The zero-order valence-corrected chi connectivity index (χ0v) is 16.8. The van der Waals surface area contributed by atoms with Crippen molar-refractivity contribution < 1.29 is 0 Å². The quantitative estimate of drug-likeness (QED) is 0.477. The van der Waals surface area contributed by atoms with E-state index in [1.54, 1.807) is 0 Å². The Morgan fingerprint density at radius 3 is 1.35 bits per heavy atom. The minimum atomic E-state index is -1.47. The average molecular weight is 409 g/mol. The van der Waals surface area contributed by atoms with E-state index in [1.807, 2.05) is 56.9 Å². The van der Waals surface area contributed by atoms with E-state index in [9.17, 15) is 0 Å². The monoisotopic (exact) mass is 408 g/mol. The van der Waals surface area contributed by atoms with Crippen LogP contribution in [-0.2, 0) is 23.6 Å². The van der Waals surface area contributed by atoms with Crippen LogP contribution in [0.25, 0.3) is 0 Å². The highest BCUT2D eigenvalue weighted by Gasteiger charge is 2.45. The van der Waals surface area contributed by atoms with Crippen LogP contribution in [0.3, 0.4) is 0 Å². The lowest BCUT2D eigenvalue weighted by molar-refractivity contribution is 1.48. The van der Waals surface area contributed by atoms with Gasteiger partial charge in [-0.1, -0.05) is 82.8 Å². The van der Waals surface area contributed by atoms with E-state index >= 15 is 0 Å². The van der Waals surface area contributed by atoms with Crippen LogP contribution in [0.1, 0.15) is 0 Å². The molecule has 0 aliphatic carbocycles. The molecule has 0 unspecified atom stereocenters. The predicted octanol–water partition coefficient (Wildman–Crippen LogP) is 7.50. The molecule has 104 valence electrons. The van der Waals surface area contributed by atoms with Gasteiger partial charge in [0.25, 0.3) is 0 Å². The van der Waals surface area contributed by atoms with Gasteiger partial charge in [0.2, 0.25) is 0 Å². The minimum absolute atomic E-state index is 1.27. The summed E-state index contributed by atoms with van der Waals surface area (Å²) in [5.41, 5.74) is 0. The molecule has 0 saturated carbocycles. The fourth-order valence-corrected chi connectivity index (χ4v) is 70.2. The number of hydrogen-bond donors (Lipinski definition) is 0. The van der Waals surface area contributed by atoms with Gasteiger partial charge in [0.05, 0.1) is 0 Å². The van der Waals surface area contributed by atoms with Gasteiger partial charge in [-0.05, 0) is 46.3 Å². The summed E-state index contributed by atoms with van der Waals surface area (Å²) in [6.45, 7) is 0. The molecule has 0 aromatic heterocycles. The van der Waals surface area contributed by atoms with Crippen molar-refractivity contribution in [2.45, 2.75) is 9.79 Å². The zero-order valence-electron chi connectivity index (χ0n) is 10.1. The first-order valence-electron chi connectivity index (χ1n) is 5.69. The van der Waals surface area contributed by atoms with E-state index < -0.39 is 7.29 Å². The normalized spacial score (nSPS) is 28.8. The number of hydrogen-bond acceptors (Lipinski definition) is 6. The Labute approximate surface area is 145 Å². The standard InChI is InChI=1S/C12H10P2S6/c15-13(17-11-7-3-1-4-8-11)19-14(16,20-13)18-12-9-5-2-6-10-12/h1-10H. The predicted molar refractivity (Wildman–Crippen MR) is 108 cm³/mol. The summed E-state index contributed by atoms with van der Waals surface area (Å²) >= 11 is 19.2. The topological polar surface area (TPSA) is 0 Å². The van der Waals surface area contributed by atoms with Crippen LogP contribution < -0.4 is 0 Å². The second-order valence-corrected chi connectivity index (χ2v) is 33.8. The van der Waals surface area contributed by atoms with Crippen molar-refractivity contribution in [2.75, 3.05) is 0 Å². The van der Waals surface area contributed by atoms with E-state index in [2.05, 4.69) is 48.5 Å². The zero-order chi connectivity index (χ0) is 14.1. The van der Waals surface area contributed by atoms with Crippen LogP contribution in [0.4, 0.5) is 0 Å². The van der Waals surface area contributed by atoms with Gasteiger partial charge < -0.3 is 0 Å². The van der Waals surface area contributed by atoms with Gasteiger partial charge in [-0.2, -0.15) is 0 Å². The average Bonchev–Trinajstić information content (AvgIpc) is 2.38. The molecule has 20 heavy (non-hydrogen) atoms. The first kappa shape index (κ1) is 16.0. The second kappa shape index (κ2) is 6.72. The SMILES string of the molecule is S=P1(Sc2ccccc2)SP(=S)(Sc2ccccc2)S1. The Kier molecular flexibility index (Phi) is 5.38. The molecule has 1 saturated heterocycles. The van der Waals surface area contributed by atoms with Gasteiger partial charge >= 0.3 is 0 Å². The van der Waals surface area contributed by atoms with Crippen LogP contribution in [0.2, 0.25) is 0 Å². The van der Waals surface area contributed by atoms with Crippen LogP contribution >= 0.6 is 52.1 Å². The summed E-state index contributed by atoms with van der Waals surface area (Å²) in [6, 6.07) is 20.9. The molecule has 3 rings (SSSR count). The molecule has 0 radical (unpaired) electrons. The Morgan fingerprint density at radius 1 is 0.650 bits per heavy atom. The number of rotatable bonds is 4. The summed E-state index contributed by atoms with van der Waals surface area (Å²) in [7, 11) is 0. The van der Waals surface area contributed by atoms with E-state index in [4.69, 9.17) is 23.6 Å². The van der Waals surface area contributed by atoms with Gasteiger partial charge in [0.15, 0.2) is 0 Å². The molecular formula is C12H10P2S6. The van der Waals surface area contributed by atoms with E-state index in [-0.39, 0.29) is 0 Å². The molecule has 0 spiro atoms. The molecule has 2 aromatic rings. The Balaban J connectivity index is 1.65. The first-order valence-corrected chi connectivity index (χ1v) is 18.2. The fraction of sp³-hybridized carbons (Fsp3) is 0. The highest BCUT2D eigenvalue weighted by atomic mass is 33.9. The smallest absolute Gasteiger partial charge is 0.0672 e. The molecule has 1 fully saturated rings. The maximum atomic E-state index is 5.83. The second-order valence-electron chi connectivity index (χ2n) is 3.87. The van der Waals surface area contributed by atoms with Crippen LogP contribution in [0, 0.1) is 0 Å². The highest BCUT2D eigenvalue weighted by Crippen LogP contribution is 3.13. The van der Waals surface area contributed by atoms with Gasteiger partial charge in [-0.15, -0.1) is 0 Å². The van der Waals surface area contributed by atoms with Crippen LogP contribution in [0.5, 0.6) is 0 Å². The van der Waals surface area contributed by atoms with E-state index in [1.165, 1.54) is 9.79 Å². The first-order chi connectivity index (χ1) is 9.57. The molecule has 1 heterocycles. The van der Waals surface area contributed by atoms with Gasteiger partial charge in [0.1, 0.15) is 7.29 Å². The van der Waals surface area contributed by atoms with Crippen molar-refractivity contribution in [1.29, 1.82) is 0 Å². The molecule has 1 aliphatic heterocycles. The Bertz CT molecular complexity index is 614. The molecule has 2 aromatic carbocycles. The third kappa shape index (κ3) is 4.11. The van der Waals surface area contributed by atoms with Gasteiger partial charge in [0, 0.05) is 9.79 Å². The van der Waals surface area contributed by atoms with Crippen molar-refractivity contribution in [1.82, 2.24) is 0 Å². The molecule has 0 atom stereocenters. The van der Waals surface area contributed by atoms with Crippen molar-refractivity contribution in [3.63, 3.8) is 0 Å². The van der Waals surface area contributed by atoms with E-state index in [0.29, 0.717) is 0 Å². The lowest BCUT2D eigenvalue weighted by atomic mass is 10.4. The minimum Gasteiger partial charge on any atom is -0.0672 e. The van der Waals surface area contributed by atoms with Gasteiger partial charge in [-0.25, -0.2) is 0 Å². The summed E-state index contributed by atoms with van der Waals surface area (Å²) in [4.78, 5) is 2.53. The lowest BCUT2D eigenvalue weighted by Gasteiger charge is -2.38. The van der Waals surface area contributed by atoms with Crippen LogP contribution in [-0.4, -0.2) is 0 Å². The van der Waals surface area contributed by atoms with Gasteiger partial charge in [-0.3, -0.25) is 0 Å². The van der Waals surface area contributed by atoms with E-state index in [0.717, 1.165) is 0 Å². The van der Waals surface area contributed by atoms with Crippen molar-refractivity contribution in [2.24, 2.45) is 0 Å². The number of benzene rings is 2. The molecular weight excluding hydrogens is 398 g/mol. The molecule has 0 N–H and O–H groups in total. The fourth-order valence-electron chi connectivity index (χ4n) is 1.54. The highest BCUT2D eigenvalue weighted by molar-refractivity contribution is 9.63. The Morgan fingerprint density at radius 2 is 1.00 bits per heavy atom. The van der Waals surface area contributed by atoms with Crippen molar-refractivity contribution in [3.8, 4) is 0 Å². The van der Waals surface area contributed by atoms with Crippen LogP contribution in [0.15, 0.2) is 70.5 Å². The molecule has 1 aliphatic rings. The maximum absolute atomic E-state index is 5.83. The maximum Gasteiger partial charge on any atom is 0.126 e. The summed E-state index contributed by atoms with van der Waals surface area (Å²) < 4.78 is -2.93. The van der Waals surface area contributed by atoms with Crippen molar-refractivity contribution >= 4 is 75.7 Å². The van der Waals surface area contributed by atoms with Crippen molar-refractivity contribution in [3.05, 3.63) is 60.7 Å². The summed E-state index contributed by atoms with van der Waals surface area (Å²) in [5, 5.41) is 0. The summed E-state index contributed by atoms with van der Waals surface area (Å²) in [5.74, 6) is 0. The lowest BCUT2D eigenvalue weighted by Crippen LogP contribution is -1.77. The largest absolute Gasteiger partial charge is 0.126 e. The third-order valence-corrected chi connectivity index (χ3v) is 42.4. The summed E-state index contributed by atoms with van der Waals surface area (Å²) in [6.07, 6.45) is 0. The molecule has 0 bridgehead atoms. The molecule has 0 nitrogen and oxygen atoms in total. The molecule has 0 amide bonds. The Hall–Kier alpha value is 1.14. The molecule has 8 heteroatoms.